The summed E-state index contributed by atoms with van der Waals surface area (Å²) in [6, 6.07) is 11.3. The number of benzene rings is 2. The van der Waals surface area contributed by atoms with Crippen molar-refractivity contribution in [3.63, 3.8) is 0 Å². The van der Waals surface area contributed by atoms with E-state index >= 15 is 0 Å². The summed E-state index contributed by atoms with van der Waals surface area (Å²) >= 11 is 3.10. The van der Waals surface area contributed by atoms with Gasteiger partial charge in [-0.15, -0.1) is 18.2 Å². The Hall–Kier alpha value is -2.69. The second-order valence-corrected chi connectivity index (χ2v) is 8.07. The number of thiazole rings is 1. The van der Waals surface area contributed by atoms with Crippen molar-refractivity contribution in [1.29, 1.82) is 0 Å². The second kappa shape index (κ2) is 7.51. The first-order valence-corrected chi connectivity index (χ1v) is 10.2. The Labute approximate surface area is 164 Å². The molecular formula is C20H16N2O3S2. The van der Waals surface area contributed by atoms with Crippen molar-refractivity contribution < 1.29 is 14.3 Å². The van der Waals surface area contributed by atoms with E-state index in [1.165, 1.54) is 11.3 Å². The monoisotopic (exact) mass is 396 g/mol. The topological polar surface area (TPSA) is 52.8 Å². The fourth-order valence-corrected chi connectivity index (χ4v) is 4.58. The number of rotatable bonds is 4. The molecule has 27 heavy (non-hydrogen) atoms. The van der Waals surface area contributed by atoms with E-state index in [0.29, 0.717) is 28.4 Å². The molecule has 0 fully saturated rings. The van der Waals surface area contributed by atoms with E-state index in [1.807, 2.05) is 34.9 Å². The number of terminal acetylenes is 1. The number of fused-ring (bicyclic) bond motifs is 2. The van der Waals surface area contributed by atoms with Crippen LogP contribution < -0.4 is 14.3 Å². The van der Waals surface area contributed by atoms with Gasteiger partial charge in [0.15, 0.2) is 16.3 Å². The van der Waals surface area contributed by atoms with Crippen LogP contribution in [-0.2, 0) is 6.54 Å². The summed E-state index contributed by atoms with van der Waals surface area (Å²) in [6.45, 7) is 2.61. The molecule has 1 aliphatic heterocycles. The van der Waals surface area contributed by atoms with Gasteiger partial charge in [0.25, 0.3) is 5.91 Å². The molecule has 0 saturated carbocycles. The lowest BCUT2D eigenvalue weighted by molar-refractivity contribution is 0.0997. The Bertz CT molecular complexity index is 1140. The summed E-state index contributed by atoms with van der Waals surface area (Å²) in [5.74, 6) is 4.66. The smallest absolute Gasteiger partial charge is 0.279 e. The molecule has 2 heterocycles. The van der Waals surface area contributed by atoms with Gasteiger partial charge in [-0.2, -0.15) is 4.99 Å². The quantitative estimate of drug-likeness (QED) is 0.496. The van der Waals surface area contributed by atoms with Crippen LogP contribution in [0.2, 0.25) is 0 Å². The highest BCUT2D eigenvalue weighted by Crippen LogP contribution is 2.36. The molecule has 0 N–H and O–H groups in total. The van der Waals surface area contributed by atoms with Crippen LogP contribution in [-0.4, -0.2) is 23.0 Å². The molecule has 0 unspecified atom stereocenters. The van der Waals surface area contributed by atoms with Crippen molar-refractivity contribution in [2.24, 2.45) is 4.99 Å². The summed E-state index contributed by atoms with van der Waals surface area (Å²) in [5, 5.41) is 0. The summed E-state index contributed by atoms with van der Waals surface area (Å²) in [6.07, 6.45) is 5.54. The minimum Gasteiger partial charge on any atom is -0.454 e. The molecule has 0 bridgehead atoms. The Kier molecular flexibility index (Phi) is 4.92. The standard InChI is InChI=1S/C20H16N2O3S2/c1-3-8-22-15-10-16-17(25-12-24-16)11-18(15)27-20(22)21-19(23)13-6-5-7-14(9-13)26-4-2/h1,5-7,9-11H,4,8,12H2,2H3. The molecule has 0 saturated heterocycles. The van der Waals surface area contributed by atoms with Gasteiger partial charge in [0, 0.05) is 22.6 Å². The van der Waals surface area contributed by atoms with Crippen molar-refractivity contribution in [2.45, 2.75) is 18.4 Å². The number of amides is 1. The summed E-state index contributed by atoms with van der Waals surface area (Å²) in [4.78, 5) is 18.7. The highest BCUT2D eigenvalue weighted by atomic mass is 32.2. The molecule has 2 aromatic carbocycles. The van der Waals surface area contributed by atoms with Crippen LogP contribution in [0, 0.1) is 12.3 Å². The molecule has 3 aromatic rings. The molecular weight excluding hydrogens is 380 g/mol. The number of nitrogens with zero attached hydrogens (tertiary/aromatic N) is 2. The van der Waals surface area contributed by atoms with Crippen molar-refractivity contribution in [3.05, 3.63) is 46.8 Å². The second-order valence-electron chi connectivity index (χ2n) is 5.73. The van der Waals surface area contributed by atoms with E-state index in [4.69, 9.17) is 15.9 Å². The van der Waals surface area contributed by atoms with Gasteiger partial charge < -0.3 is 14.0 Å². The number of aromatic nitrogens is 1. The zero-order valence-corrected chi connectivity index (χ0v) is 16.2. The lowest BCUT2D eigenvalue weighted by atomic mass is 10.2. The normalized spacial score (nSPS) is 13.1. The average Bonchev–Trinajstić information content (AvgIpc) is 3.25. The van der Waals surface area contributed by atoms with Gasteiger partial charge in [-0.3, -0.25) is 4.79 Å². The van der Waals surface area contributed by atoms with Crippen molar-refractivity contribution in [1.82, 2.24) is 4.57 Å². The summed E-state index contributed by atoms with van der Waals surface area (Å²) in [5.41, 5.74) is 1.44. The highest BCUT2D eigenvalue weighted by molar-refractivity contribution is 7.99. The van der Waals surface area contributed by atoms with Crippen molar-refractivity contribution in [3.8, 4) is 23.8 Å². The molecule has 0 radical (unpaired) electrons. The molecule has 0 aliphatic carbocycles. The summed E-state index contributed by atoms with van der Waals surface area (Å²) < 4.78 is 13.7. The fraction of sp³-hybridized carbons (Fsp3) is 0.200. The predicted octanol–water partition coefficient (Wildman–Crippen LogP) is 3.92. The van der Waals surface area contributed by atoms with E-state index in [0.717, 1.165) is 20.9 Å². The molecule has 1 amide bonds. The van der Waals surface area contributed by atoms with E-state index in [1.54, 1.807) is 17.8 Å². The number of ether oxygens (including phenoxy) is 2. The SMILES string of the molecule is C#CCn1c(=NC(=O)c2cccc(SCC)c2)sc2cc3c(cc21)OCO3. The fourth-order valence-electron chi connectivity index (χ4n) is 2.83. The van der Waals surface area contributed by atoms with E-state index < -0.39 is 0 Å². The largest absolute Gasteiger partial charge is 0.454 e. The van der Waals surface area contributed by atoms with E-state index in [9.17, 15) is 4.79 Å². The van der Waals surface area contributed by atoms with Crippen molar-refractivity contribution >= 4 is 39.2 Å². The first-order chi connectivity index (χ1) is 13.2. The molecule has 5 nitrogen and oxygen atoms in total. The first-order valence-electron chi connectivity index (χ1n) is 8.38. The molecule has 0 atom stereocenters. The Morgan fingerprint density at radius 2 is 2.15 bits per heavy atom. The third-order valence-electron chi connectivity index (χ3n) is 4.02. The maximum Gasteiger partial charge on any atom is 0.279 e. The highest BCUT2D eigenvalue weighted by Gasteiger charge is 2.18. The van der Waals surface area contributed by atoms with Crippen LogP contribution in [0.15, 0.2) is 46.3 Å². The number of hydrogen-bond acceptors (Lipinski definition) is 5. The van der Waals surface area contributed by atoms with Gasteiger partial charge in [0.05, 0.1) is 16.8 Å². The number of carbonyl (C=O) groups is 1. The van der Waals surface area contributed by atoms with Gasteiger partial charge in [-0.25, -0.2) is 0 Å². The molecule has 7 heteroatoms. The number of carbonyl (C=O) groups excluding carboxylic acids is 1. The zero-order valence-electron chi connectivity index (χ0n) is 14.6. The van der Waals surface area contributed by atoms with Crippen LogP contribution >= 0.6 is 23.1 Å². The van der Waals surface area contributed by atoms with E-state index in [2.05, 4.69) is 17.8 Å². The lowest BCUT2D eigenvalue weighted by Crippen LogP contribution is -2.16. The average molecular weight is 396 g/mol. The minimum atomic E-state index is -0.286. The van der Waals surface area contributed by atoms with Crippen LogP contribution in [0.5, 0.6) is 11.5 Å². The van der Waals surface area contributed by atoms with Gasteiger partial charge in [-0.05, 0) is 24.0 Å². The van der Waals surface area contributed by atoms with Crippen LogP contribution in [0.1, 0.15) is 17.3 Å². The molecule has 4 rings (SSSR count). The van der Waals surface area contributed by atoms with Gasteiger partial charge in [0.2, 0.25) is 6.79 Å². The maximum atomic E-state index is 12.7. The van der Waals surface area contributed by atoms with Gasteiger partial charge >= 0.3 is 0 Å². The first kappa shape index (κ1) is 17.7. The Morgan fingerprint density at radius 3 is 2.93 bits per heavy atom. The van der Waals surface area contributed by atoms with Crippen LogP contribution in [0.25, 0.3) is 10.2 Å². The Morgan fingerprint density at radius 1 is 1.33 bits per heavy atom. The van der Waals surface area contributed by atoms with Gasteiger partial charge in [-0.1, -0.05) is 30.2 Å². The van der Waals surface area contributed by atoms with Crippen LogP contribution in [0.4, 0.5) is 0 Å². The molecule has 0 spiro atoms. The third-order valence-corrected chi connectivity index (χ3v) is 5.93. The Balaban J connectivity index is 1.80. The number of thioether (sulfide) groups is 1. The predicted molar refractivity (Wildman–Crippen MR) is 108 cm³/mol. The minimum absolute atomic E-state index is 0.212. The molecule has 1 aromatic heterocycles. The zero-order chi connectivity index (χ0) is 18.8. The third kappa shape index (κ3) is 3.46. The molecule has 136 valence electrons. The summed E-state index contributed by atoms with van der Waals surface area (Å²) in [7, 11) is 0. The van der Waals surface area contributed by atoms with Crippen molar-refractivity contribution in [2.75, 3.05) is 12.5 Å². The van der Waals surface area contributed by atoms with Crippen LogP contribution in [0.3, 0.4) is 0 Å². The van der Waals surface area contributed by atoms with E-state index in [-0.39, 0.29) is 12.7 Å². The van der Waals surface area contributed by atoms with Gasteiger partial charge in [0.1, 0.15) is 0 Å². The number of hydrogen-bond donors (Lipinski definition) is 0. The lowest BCUT2D eigenvalue weighted by Gasteiger charge is -2.02. The molecule has 1 aliphatic rings. The maximum absolute atomic E-state index is 12.7.